The van der Waals surface area contributed by atoms with Crippen LogP contribution in [0.15, 0.2) is 42.6 Å². The molecule has 0 unspecified atom stereocenters. The number of tetrazole rings is 1. The number of nitrogens with one attached hydrogen (secondary N) is 1. The van der Waals surface area contributed by atoms with Crippen molar-refractivity contribution in [2.75, 3.05) is 5.32 Å². The van der Waals surface area contributed by atoms with Gasteiger partial charge in [0, 0.05) is 5.02 Å². The maximum atomic E-state index is 6.04. The fourth-order valence-corrected chi connectivity index (χ4v) is 2.44. The highest BCUT2D eigenvalue weighted by Gasteiger charge is 2.10. The number of benzene rings is 1. The first-order valence-electron chi connectivity index (χ1n) is 6.84. The predicted molar refractivity (Wildman–Crippen MR) is 85.2 cm³/mol. The van der Waals surface area contributed by atoms with Gasteiger partial charge in [-0.3, -0.25) is 0 Å². The van der Waals surface area contributed by atoms with Crippen LogP contribution in [0.4, 0.5) is 11.5 Å². The highest BCUT2D eigenvalue weighted by Crippen LogP contribution is 2.23. The molecule has 0 fully saturated rings. The van der Waals surface area contributed by atoms with Gasteiger partial charge in [-0.1, -0.05) is 17.7 Å². The molecule has 0 spiro atoms. The van der Waals surface area contributed by atoms with Gasteiger partial charge in [-0.25, -0.2) is 4.68 Å². The molecule has 0 bridgehead atoms. The molecule has 8 nitrogen and oxygen atoms in total. The zero-order valence-corrected chi connectivity index (χ0v) is 12.8. The molecule has 3 heterocycles. The van der Waals surface area contributed by atoms with Crippen LogP contribution >= 0.6 is 11.6 Å². The largest absolute Gasteiger partial charge is 0.336 e. The van der Waals surface area contributed by atoms with Crippen LogP contribution < -0.4 is 5.32 Å². The molecule has 1 N–H and O–H groups in total. The van der Waals surface area contributed by atoms with Crippen molar-refractivity contribution < 1.29 is 0 Å². The van der Waals surface area contributed by atoms with Gasteiger partial charge in [-0.15, -0.1) is 14.8 Å². The van der Waals surface area contributed by atoms with Gasteiger partial charge in [-0.05, 0) is 47.7 Å². The standard InChI is InChI=1S/C14H11ClN8/c1-9-12(8-16-22(9)11-4-2-3-10(15)7-11)17-13-5-6-14-18-20-21-23(14)19-13/h2-8H,1H3,(H,17,19). The van der Waals surface area contributed by atoms with Crippen molar-refractivity contribution in [3.8, 4) is 5.69 Å². The number of aromatic nitrogens is 7. The van der Waals surface area contributed by atoms with E-state index in [0.29, 0.717) is 16.5 Å². The molecule has 0 aliphatic carbocycles. The molecule has 0 amide bonds. The number of anilines is 2. The SMILES string of the molecule is Cc1c(Nc2ccc3nnnn3n2)cnn1-c1cccc(Cl)c1. The Morgan fingerprint density at radius 3 is 2.96 bits per heavy atom. The third-order valence-electron chi connectivity index (χ3n) is 3.39. The van der Waals surface area contributed by atoms with Gasteiger partial charge in [0.25, 0.3) is 0 Å². The van der Waals surface area contributed by atoms with E-state index in [0.717, 1.165) is 17.1 Å². The molecule has 0 radical (unpaired) electrons. The Labute approximate surface area is 135 Å². The second-order valence-electron chi connectivity index (χ2n) is 4.91. The topological polar surface area (TPSA) is 85.8 Å². The number of halogens is 1. The fourth-order valence-electron chi connectivity index (χ4n) is 2.25. The summed E-state index contributed by atoms with van der Waals surface area (Å²) < 4.78 is 3.17. The van der Waals surface area contributed by atoms with E-state index in [4.69, 9.17) is 11.6 Å². The Kier molecular flexibility index (Phi) is 3.16. The summed E-state index contributed by atoms with van der Waals surface area (Å²) in [5, 5.41) is 23.7. The van der Waals surface area contributed by atoms with Gasteiger partial charge in [-0.2, -0.15) is 5.10 Å². The third-order valence-corrected chi connectivity index (χ3v) is 3.63. The van der Waals surface area contributed by atoms with Crippen molar-refractivity contribution in [2.24, 2.45) is 0 Å². The lowest BCUT2D eigenvalue weighted by molar-refractivity contribution is 0.736. The second kappa shape index (κ2) is 5.33. The van der Waals surface area contributed by atoms with Crippen LogP contribution in [-0.2, 0) is 0 Å². The normalized spacial score (nSPS) is 11.0. The van der Waals surface area contributed by atoms with Gasteiger partial charge < -0.3 is 5.32 Å². The van der Waals surface area contributed by atoms with Crippen LogP contribution in [0.5, 0.6) is 0 Å². The number of hydrogen-bond acceptors (Lipinski definition) is 6. The van der Waals surface area contributed by atoms with Gasteiger partial charge in [0.2, 0.25) is 0 Å². The Hall–Kier alpha value is -3.00. The molecule has 23 heavy (non-hydrogen) atoms. The quantitative estimate of drug-likeness (QED) is 0.622. The minimum Gasteiger partial charge on any atom is -0.336 e. The van der Waals surface area contributed by atoms with Crippen LogP contribution in [0.3, 0.4) is 0 Å². The van der Waals surface area contributed by atoms with Gasteiger partial charge in [0.15, 0.2) is 11.5 Å². The summed E-state index contributed by atoms with van der Waals surface area (Å²) in [6.45, 7) is 1.96. The summed E-state index contributed by atoms with van der Waals surface area (Å²) in [6, 6.07) is 11.1. The lowest BCUT2D eigenvalue weighted by Gasteiger charge is -2.07. The number of fused-ring (bicyclic) bond motifs is 1. The second-order valence-corrected chi connectivity index (χ2v) is 5.34. The molecular weight excluding hydrogens is 316 g/mol. The average molecular weight is 327 g/mol. The van der Waals surface area contributed by atoms with Crippen LogP contribution in [0, 0.1) is 6.92 Å². The molecule has 0 saturated heterocycles. The summed E-state index contributed by atoms with van der Waals surface area (Å²) in [5.74, 6) is 0.624. The van der Waals surface area contributed by atoms with Crippen LogP contribution in [0.2, 0.25) is 5.02 Å². The summed E-state index contributed by atoms with van der Waals surface area (Å²) in [4.78, 5) is 0. The highest BCUT2D eigenvalue weighted by atomic mass is 35.5. The highest BCUT2D eigenvalue weighted by molar-refractivity contribution is 6.30. The lowest BCUT2D eigenvalue weighted by Crippen LogP contribution is -2.02. The van der Waals surface area contributed by atoms with Crippen molar-refractivity contribution in [1.82, 2.24) is 35.0 Å². The Morgan fingerprint density at radius 1 is 1.17 bits per heavy atom. The van der Waals surface area contributed by atoms with Gasteiger partial charge in [0.1, 0.15) is 0 Å². The molecule has 9 heteroatoms. The smallest absolute Gasteiger partial charge is 0.200 e. The Balaban J connectivity index is 1.67. The van der Waals surface area contributed by atoms with E-state index >= 15 is 0 Å². The Bertz CT molecular complexity index is 989. The molecule has 0 saturated carbocycles. The minimum atomic E-state index is 0.585. The zero-order valence-electron chi connectivity index (χ0n) is 12.0. The molecule has 4 aromatic rings. The lowest BCUT2D eigenvalue weighted by atomic mass is 10.3. The first kappa shape index (κ1) is 13.6. The van der Waals surface area contributed by atoms with Gasteiger partial charge in [0.05, 0.1) is 23.3 Å². The van der Waals surface area contributed by atoms with E-state index in [1.807, 2.05) is 41.9 Å². The maximum absolute atomic E-state index is 6.04. The number of hydrogen-bond donors (Lipinski definition) is 1. The minimum absolute atomic E-state index is 0.585. The van der Waals surface area contributed by atoms with E-state index in [9.17, 15) is 0 Å². The molecule has 114 valence electrons. The van der Waals surface area contributed by atoms with Crippen molar-refractivity contribution in [1.29, 1.82) is 0 Å². The van der Waals surface area contributed by atoms with E-state index in [2.05, 4.69) is 31.0 Å². The molecule has 4 rings (SSSR count). The van der Waals surface area contributed by atoms with E-state index < -0.39 is 0 Å². The van der Waals surface area contributed by atoms with E-state index in [-0.39, 0.29) is 0 Å². The summed E-state index contributed by atoms with van der Waals surface area (Å²) in [5.41, 5.74) is 3.25. The maximum Gasteiger partial charge on any atom is 0.200 e. The van der Waals surface area contributed by atoms with Crippen molar-refractivity contribution >= 4 is 28.8 Å². The Morgan fingerprint density at radius 2 is 2.09 bits per heavy atom. The average Bonchev–Trinajstić information content (AvgIpc) is 3.14. The molecule has 3 aromatic heterocycles. The van der Waals surface area contributed by atoms with Gasteiger partial charge >= 0.3 is 0 Å². The first-order valence-corrected chi connectivity index (χ1v) is 7.21. The summed E-state index contributed by atoms with van der Waals surface area (Å²) >= 11 is 6.04. The monoisotopic (exact) mass is 326 g/mol. The zero-order chi connectivity index (χ0) is 15.8. The van der Waals surface area contributed by atoms with Crippen molar-refractivity contribution in [3.63, 3.8) is 0 Å². The fraction of sp³-hybridized carbons (Fsp3) is 0.0714. The predicted octanol–water partition coefficient (Wildman–Crippen LogP) is 2.41. The summed E-state index contributed by atoms with van der Waals surface area (Å²) in [7, 11) is 0. The number of rotatable bonds is 3. The van der Waals surface area contributed by atoms with Crippen LogP contribution in [0.1, 0.15) is 5.69 Å². The molecule has 0 atom stereocenters. The summed E-state index contributed by atoms with van der Waals surface area (Å²) in [6.07, 6.45) is 1.74. The first-order chi connectivity index (χ1) is 11.2. The molecule has 1 aromatic carbocycles. The van der Waals surface area contributed by atoms with Crippen molar-refractivity contribution in [3.05, 3.63) is 53.3 Å². The molecule has 0 aliphatic heterocycles. The van der Waals surface area contributed by atoms with Crippen LogP contribution in [0.25, 0.3) is 11.3 Å². The number of nitrogens with zero attached hydrogens (tertiary/aromatic N) is 7. The van der Waals surface area contributed by atoms with Crippen LogP contribution in [-0.4, -0.2) is 35.0 Å². The van der Waals surface area contributed by atoms with Crippen molar-refractivity contribution in [2.45, 2.75) is 6.92 Å². The third kappa shape index (κ3) is 2.49. The molecular formula is C14H11ClN8. The van der Waals surface area contributed by atoms with E-state index in [1.54, 1.807) is 12.3 Å². The molecule has 0 aliphatic rings. The van der Waals surface area contributed by atoms with E-state index in [1.165, 1.54) is 4.63 Å².